The molecule has 124 valence electrons. The lowest BCUT2D eigenvalue weighted by Gasteiger charge is -2.59. The standard InChI is InChI=1S/C18H23NO4/c1-19-6-5-18-13-8-11(20)16(21)15(18)10(19)7-9-3-4-12(22-2)17(23-13)14(9)18/h3-4,10-11,13,15-16,20-21H,5-8H2,1-2H3. The van der Waals surface area contributed by atoms with Crippen molar-refractivity contribution in [2.75, 3.05) is 20.7 Å². The van der Waals surface area contributed by atoms with Crippen molar-refractivity contribution in [3.63, 3.8) is 0 Å². The third-order valence-electron chi connectivity index (χ3n) is 6.83. The van der Waals surface area contributed by atoms with E-state index in [1.54, 1.807) is 7.11 Å². The van der Waals surface area contributed by atoms with Gasteiger partial charge in [-0.25, -0.2) is 0 Å². The van der Waals surface area contributed by atoms with E-state index in [1.807, 2.05) is 6.07 Å². The Bertz CT molecular complexity index is 677. The van der Waals surface area contributed by atoms with Gasteiger partial charge in [-0.05, 0) is 38.1 Å². The molecule has 2 N–H and O–H groups in total. The van der Waals surface area contributed by atoms with E-state index in [-0.39, 0.29) is 23.5 Å². The van der Waals surface area contributed by atoms with Crippen LogP contribution in [0.25, 0.3) is 0 Å². The van der Waals surface area contributed by atoms with Crippen LogP contribution in [0.5, 0.6) is 11.5 Å². The Morgan fingerprint density at radius 3 is 2.96 bits per heavy atom. The fourth-order valence-electron chi connectivity index (χ4n) is 5.85. The number of likely N-dealkylation sites (N-methyl/N-ethyl adjacent to an activating group) is 1. The number of methoxy groups -OCH3 is 1. The molecule has 1 aromatic rings. The molecule has 1 aromatic carbocycles. The SMILES string of the molecule is COc1ccc2c3c1OC1CC(O)C(O)C4C(C2)N(C)CCC314. The monoisotopic (exact) mass is 317 g/mol. The number of hydrogen-bond donors (Lipinski definition) is 2. The Labute approximate surface area is 135 Å². The van der Waals surface area contributed by atoms with E-state index in [2.05, 4.69) is 18.0 Å². The van der Waals surface area contributed by atoms with Crippen LogP contribution >= 0.6 is 0 Å². The van der Waals surface area contributed by atoms with Gasteiger partial charge in [0.15, 0.2) is 11.5 Å². The first-order valence-electron chi connectivity index (χ1n) is 8.51. The highest BCUT2D eigenvalue weighted by Gasteiger charge is 2.67. The number of ether oxygens (including phenoxy) is 2. The molecule has 6 unspecified atom stereocenters. The summed E-state index contributed by atoms with van der Waals surface area (Å²) < 4.78 is 11.9. The summed E-state index contributed by atoms with van der Waals surface area (Å²) in [6, 6.07) is 4.40. The van der Waals surface area contributed by atoms with Crippen LogP contribution in [0.15, 0.2) is 12.1 Å². The molecule has 1 spiro atoms. The topological polar surface area (TPSA) is 62.2 Å². The van der Waals surface area contributed by atoms with E-state index in [9.17, 15) is 10.2 Å². The largest absolute Gasteiger partial charge is 0.493 e. The first kappa shape index (κ1) is 14.1. The Balaban J connectivity index is 1.79. The second-order valence-corrected chi connectivity index (χ2v) is 7.60. The molecule has 5 rings (SSSR count). The zero-order valence-electron chi connectivity index (χ0n) is 13.5. The van der Waals surface area contributed by atoms with E-state index >= 15 is 0 Å². The molecule has 5 heteroatoms. The van der Waals surface area contributed by atoms with Gasteiger partial charge in [0.1, 0.15) is 6.10 Å². The fraction of sp³-hybridized carbons (Fsp3) is 0.667. The van der Waals surface area contributed by atoms with Gasteiger partial charge in [-0.1, -0.05) is 6.07 Å². The second kappa shape index (κ2) is 4.41. The number of aliphatic hydroxyl groups is 2. The van der Waals surface area contributed by atoms with Crippen LogP contribution in [0.3, 0.4) is 0 Å². The summed E-state index contributed by atoms with van der Waals surface area (Å²) in [5.74, 6) is 1.65. The minimum atomic E-state index is -0.714. The third kappa shape index (κ3) is 1.49. The molecule has 2 aliphatic carbocycles. The summed E-state index contributed by atoms with van der Waals surface area (Å²) in [7, 11) is 3.80. The van der Waals surface area contributed by atoms with Crippen LogP contribution in [-0.2, 0) is 11.8 Å². The molecule has 0 aromatic heterocycles. The molecule has 1 saturated carbocycles. The fourth-order valence-corrected chi connectivity index (χ4v) is 5.85. The highest BCUT2D eigenvalue weighted by molar-refractivity contribution is 5.61. The molecule has 2 heterocycles. The highest BCUT2D eigenvalue weighted by Crippen LogP contribution is 2.63. The summed E-state index contributed by atoms with van der Waals surface area (Å²) in [6.07, 6.45) is 0.890. The smallest absolute Gasteiger partial charge is 0.165 e. The van der Waals surface area contributed by atoms with Crippen molar-refractivity contribution in [2.45, 2.75) is 49.0 Å². The number of rotatable bonds is 1. The molecule has 0 radical (unpaired) electrons. The van der Waals surface area contributed by atoms with E-state index in [1.165, 1.54) is 11.1 Å². The van der Waals surface area contributed by atoms with E-state index < -0.39 is 12.2 Å². The number of likely N-dealkylation sites (tertiary alicyclic amines) is 1. The minimum absolute atomic E-state index is 0.0239. The average molecular weight is 317 g/mol. The van der Waals surface area contributed by atoms with E-state index in [0.717, 1.165) is 30.9 Å². The highest BCUT2D eigenvalue weighted by atomic mass is 16.5. The van der Waals surface area contributed by atoms with Crippen molar-refractivity contribution in [3.8, 4) is 11.5 Å². The Hall–Kier alpha value is -1.30. The summed E-state index contributed by atoms with van der Waals surface area (Å²) in [4.78, 5) is 2.35. The molecule has 5 nitrogen and oxygen atoms in total. The quantitative estimate of drug-likeness (QED) is 0.798. The van der Waals surface area contributed by atoms with Gasteiger partial charge in [0, 0.05) is 29.4 Å². The van der Waals surface area contributed by atoms with Gasteiger partial charge in [-0.3, -0.25) is 0 Å². The third-order valence-corrected chi connectivity index (χ3v) is 6.83. The van der Waals surface area contributed by atoms with Crippen LogP contribution in [0, 0.1) is 5.92 Å². The second-order valence-electron chi connectivity index (χ2n) is 7.60. The van der Waals surface area contributed by atoms with Crippen LogP contribution in [0.2, 0.25) is 0 Å². The van der Waals surface area contributed by atoms with Crippen LogP contribution in [0.4, 0.5) is 0 Å². The molecule has 4 aliphatic rings. The minimum Gasteiger partial charge on any atom is -0.493 e. The average Bonchev–Trinajstić information content (AvgIpc) is 2.86. The lowest BCUT2D eigenvalue weighted by atomic mass is 9.50. The van der Waals surface area contributed by atoms with Crippen molar-refractivity contribution < 1.29 is 19.7 Å². The molecule has 2 aliphatic heterocycles. The van der Waals surface area contributed by atoms with Crippen molar-refractivity contribution in [1.82, 2.24) is 4.90 Å². The number of piperidine rings is 1. The normalized spacial score (nSPS) is 43.7. The van der Waals surface area contributed by atoms with Crippen molar-refractivity contribution in [1.29, 1.82) is 0 Å². The first-order chi connectivity index (χ1) is 11.1. The molecule has 2 bridgehead atoms. The summed E-state index contributed by atoms with van der Waals surface area (Å²) in [5, 5.41) is 21.2. The van der Waals surface area contributed by atoms with Gasteiger partial charge in [-0.2, -0.15) is 0 Å². The molecule has 0 amide bonds. The lowest BCUT2D eigenvalue weighted by molar-refractivity contribution is -0.155. The van der Waals surface area contributed by atoms with Crippen LogP contribution in [-0.4, -0.2) is 60.2 Å². The number of aliphatic hydroxyl groups excluding tert-OH is 2. The summed E-state index contributed by atoms with van der Waals surface area (Å²) in [6.45, 7) is 1.000. The molecule has 23 heavy (non-hydrogen) atoms. The van der Waals surface area contributed by atoms with Crippen molar-refractivity contribution in [2.24, 2.45) is 5.92 Å². The summed E-state index contributed by atoms with van der Waals surface area (Å²) >= 11 is 0. The molecule has 2 fully saturated rings. The predicted molar refractivity (Wildman–Crippen MR) is 83.9 cm³/mol. The number of benzene rings is 1. The van der Waals surface area contributed by atoms with Gasteiger partial charge in [0.05, 0.1) is 19.3 Å². The molecular weight excluding hydrogens is 294 g/mol. The molecular formula is C18H23NO4. The van der Waals surface area contributed by atoms with Gasteiger partial charge < -0.3 is 24.6 Å². The zero-order valence-corrected chi connectivity index (χ0v) is 13.5. The van der Waals surface area contributed by atoms with Crippen LogP contribution < -0.4 is 9.47 Å². The van der Waals surface area contributed by atoms with Crippen LogP contribution in [0.1, 0.15) is 24.0 Å². The maximum atomic E-state index is 10.8. The van der Waals surface area contributed by atoms with Gasteiger partial charge in [0.25, 0.3) is 0 Å². The first-order valence-corrected chi connectivity index (χ1v) is 8.51. The van der Waals surface area contributed by atoms with Gasteiger partial charge in [0.2, 0.25) is 0 Å². The molecule has 1 saturated heterocycles. The van der Waals surface area contributed by atoms with Gasteiger partial charge in [-0.15, -0.1) is 0 Å². The van der Waals surface area contributed by atoms with E-state index in [0.29, 0.717) is 6.42 Å². The number of nitrogens with zero attached hydrogens (tertiary/aromatic N) is 1. The maximum Gasteiger partial charge on any atom is 0.165 e. The maximum absolute atomic E-state index is 10.8. The lowest BCUT2D eigenvalue weighted by Crippen LogP contribution is -2.69. The molecule has 6 atom stereocenters. The Kier molecular flexibility index (Phi) is 2.70. The summed E-state index contributed by atoms with van der Waals surface area (Å²) in [5.41, 5.74) is 2.40. The van der Waals surface area contributed by atoms with E-state index in [4.69, 9.17) is 9.47 Å². The van der Waals surface area contributed by atoms with Crippen molar-refractivity contribution >= 4 is 0 Å². The van der Waals surface area contributed by atoms with Crippen molar-refractivity contribution in [3.05, 3.63) is 23.3 Å². The predicted octanol–water partition coefficient (Wildman–Crippen LogP) is 0.696. The Morgan fingerprint density at radius 1 is 1.35 bits per heavy atom. The number of hydrogen-bond acceptors (Lipinski definition) is 5. The Morgan fingerprint density at radius 2 is 2.17 bits per heavy atom. The van der Waals surface area contributed by atoms with Gasteiger partial charge >= 0.3 is 0 Å². The zero-order chi connectivity index (χ0) is 15.9.